The number of aliphatic hydroxyl groups is 1. The largest absolute Gasteiger partial charge is 0.391 e. The molecule has 0 radical (unpaired) electrons. The zero-order chi connectivity index (χ0) is 11.7. The third kappa shape index (κ3) is 2.01. The molecule has 0 spiro atoms. The molecule has 2 aliphatic rings. The van der Waals surface area contributed by atoms with Crippen molar-refractivity contribution in [1.82, 2.24) is 15.1 Å². The number of fused-ring (bicyclic) bond motifs is 1. The summed E-state index contributed by atoms with van der Waals surface area (Å²) in [7, 11) is 3.43. The zero-order valence-corrected chi connectivity index (χ0v) is 10.0. The number of piperidine rings is 1. The minimum atomic E-state index is -0.284. The van der Waals surface area contributed by atoms with Crippen molar-refractivity contribution >= 4 is 6.03 Å². The Bertz CT molecular complexity index is 272. The van der Waals surface area contributed by atoms with Crippen molar-refractivity contribution in [2.24, 2.45) is 0 Å². The molecule has 2 rings (SSSR count). The van der Waals surface area contributed by atoms with Gasteiger partial charge in [0, 0.05) is 32.7 Å². The highest BCUT2D eigenvalue weighted by Crippen LogP contribution is 2.28. The third-order valence-electron chi connectivity index (χ3n) is 3.90. The molecule has 3 atom stereocenters. The van der Waals surface area contributed by atoms with E-state index in [1.165, 1.54) is 0 Å². The lowest BCUT2D eigenvalue weighted by Gasteiger charge is -2.42. The molecule has 0 bridgehead atoms. The van der Waals surface area contributed by atoms with E-state index in [2.05, 4.69) is 10.2 Å². The molecule has 2 heterocycles. The number of urea groups is 1. The molecular weight excluding hydrogens is 206 g/mol. The SMILES string of the molecule is CNC(=O)N(C)C1CC(O)C2CCCN2C1. The van der Waals surface area contributed by atoms with Crippen LogP contribution in [0.15, 0.2) is 0 Å². The van der Waals surface area contributed by atoms with E-state index < -0.39 is 0 Å². The molecule has 92 valence electrons. The van der Waals surface area contributed by atoms with E-state index in [0.29, 0.717) is 12.5 Å². The quantitative estimate of drug-likeness (QED) is 0.655. The average molecular weight is 227 g/mol. The molecule has 2 fully saturated rings. The molecule has 0 saturated carbocycles. The summed E-state index contributed by atoms with van der Waals surface area (Å²) in [5.74, 6) is 0. The van der Waals surface area contributed by atoms with Crippen LogP contribution in [-0.2, 0) is 0 Å². The first-order valence-corrected chi connectivity index (χ1v) is 6.00. The van der Waals surface area contributed by atoms with Gasteiger partial charge in [-0.1, -0.05) is 0 Å². The second-order valence-corrected chi connectivity index (χ2v) is 4.83. The standard InChI is InChI=1S/C11H21N3O2/c1-12-11(16)13(2)8-6-10(15)9-4-3-5-14(9)7-8/h8-10,15H,3-7H2,1-2H3,(H,12,16). The van der Waals surface area contributed by atoms with Crippen molar-refractivity contribution in [3.63, 3.8) is 0 Å². The van der Waals surface area contributed by atoms with Crippen molar-refractivity contribution in [3.8, 4) is 0 Å². The summed E-state index contributed by atoms with van der Waals surface area (Å²) in [6.45, 7) is 1.95. The fraction of sp³-hybridized carbons (Fsp3) is 0.909. The lowest BCUT2D eigenvalue weighted by atomic mass is 9.95. The number of likely N-dealkylation sites (N-methyl/N-ethyl adjacent to an activating group) is 1. The van der Waals surface area contributed by atoms with Gasteiger partial charge in [-0.15, -0.1) is 0 Å². The van der Waals surface area contributed by atoms with Gasteiger partial charge in [-0.05, 0) is 25.8 Å². The van der Waals surface area contributed by atoms with Crippen molar-refractivity contribution in [3.05, 3.63) is 0 Å². The number of carbonyl (C=O) groups excluding carboxylic acids is 1. The van der Waals surface area contributed by atoms with Gasteiger partial charge in [-0.3, -0.25) is 4.90 Å². The minimum Gasteiger partial charge on any atom is -0.391 e. The van der Waals surface area contributed by atoms with Crippen LogP contribution in [0, 0.1) is 0 Å². The number of aliphatic hydroxyl groups excluding tert-OH is 1. The summed E-state index contributed by atoms with van der Waals surface area (Å²) in [6.07, 6.45) is 2.68. The van der Waals surface area contributed by atoms with Crippen molar-refractivity contribution < 1.29 is 9.90 Å². The number of rotatable bonds is 1. The van der Waals surface area contributed by atoms with Gasteiger partial charge in [0.05, 0.1) is 6.10 Å². The summed E-state index contributed by atoms with van der Waals surface area (Å²) >= 11 is 0. The van der Waals surface area contributed by atoms with Gasteiger partial charge in [0.2, 0.25) is 0 Å². The fourth-order valence-electron chi connectivity index (χ4n) is 2.92. The molecule has 2 aliphatic heterocycles. The van der Waals surface area contributed by atoms with Crippen molar-refractivity contribution in [2.45, 2.75) is 37.5 Å². The Kier molecular flexibility index (Phi) is 3.35. The molecule has 0 aromatic carbocycles. The average Bonchev–Trinajstić information content (AvgIpc) is 2.75. The molecule has 3 unspecified atom stereocenters. The van der Waals surface area contributed by atoms with Crippen LogP contribution in [0.25, 0.3) is 0 Å². The Hall–Kier alpha value is -0.810. The number of hydrogen-bond acceptors (Lipinski definition) is 3. The van der Waals surface area contributed by atoms with E-state index in [0.717, 1.165) is 25.9 Å². The Labute approximate surface area is 96.4 Å². The Morgan fingerprint density at radius 3 is 3.00 bits per heavy atom. The highest BCUT2D eigenvalue weighted by molar-refractivity contribution is 5.73. The maximum atomic E-state index is 11.5. The first kappa shape index (κ1) is 11.7. The van der Waals surface area contributed by atoms with E-state index in [-0.39, 0.29) is 18.2 Å². The van der Waals surface area contributed by atoms with Gasteiger partial charge in [0.25, 0.3) is 0 Å². The molecule has 0 aliphatic carbocycles. The molecule has 5 nitrogen and oxygen atoms in total. The summed E-state index contributed by atoms with van der Waals surface area (Å²) in [4.78, 5) is 15.5. The highest BCUT2D eigenvalue weighted by atomic mass is 16.3. The van der Waals surface area contributed by atoms with Gasteiger partial charge in [-0.25, -0.2) is 4.79 Å². The maximum absolute atomic E-state index is 11.5. The molecular formula is C11H21N3O2. The van der Waals surface area contributed by atoms with Crippen LogP contribution >= 0.6 is 0 Å². The van der Waals surface area contributed by atoms with Crippen molar-refractivity contribution in [1.29, 1.82) is 0 Å². The molecule has 0 aromatic rings. The summed E-state index contributed by atoms with van der Waals surface area (Å²) in [6, 6.07) is 0.383. The molecule has 0 aromatic heterocycles. The van der Waals surface area contributed by atoms with Crippen LogP contribution < -0.4 is 5.32 Å². The summed E-state index contributed by atoms with van der Waals surface area (Å²) in [5, 5.41) is 12.7. The zero-order valence-electron chi connectivity index (χ0n) is 10.0. The first-order chi connectivity index (χ1) is 7.63. The topological polar surface area (TPSA) is 55.8 Å². The van der Waals surface area contributed by atoms with E-state index in [4.69, 9.17) is 0 Å². The number of hydrogen-bond donors (Lipinski definition) is 2. The lowest BCUT2D eigenvalue weighted by molar-refractivity contribution is -0.000551. The maximum Gasteiger partial charge on any atom is 0.317 e. The molecule has 2 saturated heterocycles. The summed E-state index contributed by atoms with van der Waals surface area (Å²) < 4.78 is 0. The monoisotopic (exact) mass is 227 g/mol. The van der Waals surface area contributed by atoms with Crippen molar-refractivity contribution in [2.75, 3.05) is 27.2 Å². The molecule has 5 heteroatoms. The highest BCUT2D eigenvalue weighted by Gasteiger charge is 2.39. The smallest absolute Gasteiger partial charge is 0.317 e. The van der Waals surface area contributed by atoms with E-state index in [1.54, 1.807) is 19.0 Å². The molecule has 2 N–H and O–H groups in total. The van der Waals surface area contributed by atoms with Gasteiger partial charge in [0.15, 0.2) is 0 Å². The first-order valence-electron chi connectivity index (χ1n) is 6.00. The van der Waals surface area contributed by atoms with E-state index in [1.807, 2.05) is 0 Å². The van der Waals surface area contributed by atoms with Crippen LogP contribution in [0.2, 0.25) is 0 Å². The van der Waals surface area contributed by atoms with Crippen LogP contribution in [0.3, 0.4) is 0 Å². The van der Waals surface area contributed by atoms with E-state index >= 15 is 0 Å². The summed E-state index contributed by atoms with van der Waals surface area (Å²) in [5.41, 5.74) is 0. The normalized spacial score (nSPS) is 34.6. The van der Waals surface area contributed by atoms with Gasteiger partial charge >= 0.3 is 6.03 Å². The lowest BCUT2D eigenvalue weighted by Crippen LogP contribution is -2.56. The van der Waals surface area contributed by atoms with Crippen LogP contribution in [0.4, 0.5) is 4.79 Å². The number of nitrogens with zero attached hydrogens (tertiary/aromatic N) is 2. The fourth-order valence-corrected chi connectivity index (χ4v) is 2.92. The van der Waals surface area contributed by atoms with Gasteiger partial charge in [-0.2, -0.15) is 0 Å². The predicted molar refractivity (Wildman–Crippen MR) is 61.2 cm³/mol. The van der Waals surface area contributed by atoms with Gasteiger partial charge in [0.1, 0.15) is 0 Å². The minimum absolute atomic E-state index is 0.0742. The Morgan fingerprint density at radius 1 is 1.56 bits per heavy atom. The van der Waals surface area contributed by atoms with Gasteiger partial charge < -0.3 is 15.3 Å². The van der Waals surface area contributed by atoms with Crippen LogP contribution in [0.5, 0.6) is 0 Å². The van der Waals surface area contributed by atoms with Crippen LogP contribution in [-0.4, -0.2) is 66.3 Å². The van der Waals surface area contributed by atoms with Crippen LogP contribution in [0.1, 0.15) is 19.3 Å². The Morgan fingerprint density at radius 2 is 2.31 bits per heavy atom. The third-order valence-corrected chi connectivity index (χ3v) is 3.90. The number of nitrogens with one attached hydrogen (secondary N) is 1. The predicted octanol–water partition coefficient (Wildman–Crippen LogP) is -0.145. The molecule has 16 heavy (non-hydrogen) atoms. The number of carbonyl (C=O) groups is 1. The molecule has 2 amide bonds. The van der Waals surface area contributed by atoms with E-state index in [9.17, 15) is 9.90 Å². The second-order valence-electron chi connectivity index (χ2n) is 4.83. The number of amides is 2. The second kappa shape index (κ2) is 4.59. The Balaban J connectivity index is 2.00.